The van der Waals surface area contributed by atoms with E-state index in [-0.39, 0.29) is 6.42 Å². The van der Waals surface area contributed by atoms with Gasteiger partial charge in [0, 0.05) is 18.7 Å². The zero-order valence-corrected chi connectivity index (χ0v) is 17.4. The SMILES string of the molecule is COc1ccc(CNC(=O)Nc2ccc(CC(=O)N3CC(F)(F)C[C@@H]3C(N)=O)cc2)cc1. The Morgan fingerprint density at radius 2 is 1.72 bits per heavy atom. The molecule has 1 atom stereocenters. The maximum Gasteiger partial charge on any atom is 0.319 e. The first-order valence-electron chi connectivity index (χ1n) is 9.90. The van der Waals surface area contributed by atoms with Gasteiger partial charge in [-0.15, -0.1) is 0 Å². The van der Waals surface area contributed by atoms with Crippen molar-refractivity contribution < 1.29 is 27.9 Å². The average molecular weight is 446 g/mol. The molecule has 1 aliphatic heterocycles. The molecule has 0 unspecified atom stereocenters. The molecular formula is C22H24F2N4O4. The number of hydrogen-bond acceptors (Lipinski definition) is 4. The Hall–Kier alpha value is -3.69. The van der Waals surface area contributed by atoms with E-state index in [1.165, 1.54) is 0 Å². The molecular weight excluding hydrogens is 422 g/mol. The molecule has 4 N–H and O–H groups in total. The minimum Gasteiger partial charge on any atom is -0.497 e. The van der Waals surface area contributed by atoms with Crippen molar-refractivity contribution in [1.29, 1.82) is 0 Å². The van der Waals surface area contributed by atoms with Crippen LogP contribution in [0.2, 0.25) is 0 Å². The predicted octanol–water partition coefficient (Wildman–Crippen LogP) is 2.28. The van der Waals surface area contributed by atoms with Gasteiger partial charge in [0.2, 0.25) is 11.8 Å². The summed E-state index contributed by atoms with van der Waals surface area (Å²) in [6, 6.07) is 11.9. The molecule has 1 aliphatic rings. The molecule has 2 aromatic rings. The number of benzene rings is 2. The van der Waals surface area contributed by atoms with Gasteiger partial charge in [0.15, 0.2) is 0 Å². The minimum atomic E-state index is -3.14. The summed E-state index contributed by atoms with van der Waals surface area (Å²) in [6.07, 6.45) is -0.924. The predicted molar refractivity (Wildman–Crippen MR) is 113 cm³/mol. The zero-order chi connectivity index (χ0) is 23.3. The molecule has 2 aromatic carbocycles. The number of rotatable bonds is 7. The van der Waals surface area contributed by atoms with Gasteiger partial charge in [0.1, 0.15) is 11.8 Å². The molecule has 1 fully saturated rings. The summed E-state index contributed by atoms with van der Waals surface area (Å²) >= 11 is 0. The highest BCUT2D eigenvalue weighted by Gasteiger charge is 2.49. The number of alkyl halides is 2. The van der Waals surface area contributed by atoms with Gasteiger partial charge in [-0.1, -0.05) is 24.3 Å². The van der Waals surface area contributed by atoms with E-state index < -0.39 is 42.8 Å². The van der Waals surface area contributed by atoms with Gasteiger partial charge in [-0.2, -0.15) is 0 Å². The van der Waals surface area contributed by atoms with Crippen LogP contribution in [0.3, 0.4) is 0 Å². The molecule has 10 heteroatoms. The number of methoxy groups -OCH3 is 1. The summed E-state index contributed by atoms with van der Waals surface area (Å²) in [5, 5.41) is 5.40. The Labute approximate surface area is 183 Å². The lowest BCUT2D eigenvalue weighted by Crippen LogP contribution is -2.44. The first kappa shape index (κ1) is 23.0. The maximum absolute atomic E-state index is 13.6. The number of nitrogens with one attached hydrogen (secondary N) is 2. The summed E-state index contributed by atoms with van der Waals surface area (Å²) in [7, 11) is 1.57. The van der Waals surface area contributed by atoms with Gasteiger partial charge >= 0.3 is 6.03 Å². The smallest absolute Gasteiger partial charge is 0.319 e. The number of halogens is 2. The number of carbonyl (C=O) groups excluding carboxylic acids is 3. The lowest BCUT2D eigenvalue weighted by atomic mass is 10.1. The third kappa shape index (κ3) is 5.93. The van der Waals surface area contributed by atoms with E-state index in [2.05, 4.69) is 10.6 Å². The highest BCUT2D eigenvalue weighted by atomic mass is 19.3. The second kappa shape index (κ2) is 9.63. The van der Waals surface area contributed by atoms with E-state index in [0.717, 1.165) is 16.2 Å². The lowest BCUT2D eigenvalue weighted by Gasteiger charge is -2.21. The van der Waals surface area contributed by atoms with Gasteiger partial charge in [-0.05, 0) is 35.4 Å². The number of ether oxygens (including phenoxy) is 1. The topological polar surface area (TPSA) is 114 Å². The average Bonchev–Trinajstić information content (AvgIpc) is 3.10. The van der Waals surface area contributed by atoms with Crippen LogP contribution in [0.15, 0.2) is 48.5 Å². The number of urea groups is 1. The van der Waals surface area contributed by atoms with Crippen LogP contribution in [0.1, 0.15) is 17.5 Å². The number of anilines is 1. The Balaban J connectivity index is 1.51. The monoisotopic (exact) mass is 446 g/mol. The van der Waals surface area contributed by atoms with Crippen molar-refractivity contribution in [3.63, 3.8) is 0 Å². The fraction of sp³-hybridized carbons (Fsp3) is 0.318. The number of nitrogens with zero attached hydrogens (tertiary/aromatic N) is 1. The standard InChI is InChI=1S/C22H24F2N4O4/c1-32-17-8-4-15(5-9-17)12-26-21(31)27-16-6-2-14(3-7-16)10-19(29)28-13-22(23,24)11-18(28)20(25)30/h2-9,18H,10-13H2,1H3,(H2,25,30)(H2,26,27,31)/t18-/m1/s1. The number of primary amides is 1. The van der Waals surface area contributed by atoms with Gasteiger partial charge in [-0.3, -0.25) is 9.59 Å². The minimum absolute atomic E-state index is 0.163. The second-order valence-electron chi connectivity index (χ2n) is 7.53. The molecule has 0 bridgehead atoms. The van der Waals surface area contributed by atoms with Crippen LogP contribution in [0, 0.1) is 0 Å². The molecule has 4 amide bonds. The number of carbonyl (C=O) groups is 3. The van der Waals surface area contributed by atoms with Crippen LogP contribution in [0.4, 0.5) is 19.3 Å². The molecule has 0 radical (unpaired) electrons. The van der Waals surface area contributed by atoms with Crippen molar-refractivity contribution >= 4 is 23.5 Å². The van der Waals surface area contributed by atoms with Crippen LogP contribution in [0.25, 0.3) is 0 Å². The van der Waals surface area contributed by atoms with E-state index in [0.29, 0.717) is 17.8 Å². The first-order chi connectivity index (χ1) is 15.2. The number of hydrogen-bond donors (Lipinski definition) is 3. The van der Waals surface area contributed by atoms with Gasteiger partial charge < -0.3 is 26.0 Å². The van der Waals surface area contributed by atoms with Crippen LogP contribution >= 0.6 is 0 Å². The van der Waals surface area contributed by atoms with Crippen molar-refractivity contribution in [2.45, 2.75) is 31.4 Å². The number of likely N-dealkylation sites (tertiary alicyclic amines) is 1. The van der Waals surface area contributed by atoms with Gasteiger partial charge in [-0.25, -0.2) is 13.6 Å². The number of nitrogens with two attached hydrogens (primary N) is 1. The van der Waals surface area contributed by atoms with Crippen LogP contribution in [0.5, 0.6) is 5.75 Å². The highest BCUT2D eigenvalue weighted by molar-refractivity contribution is 5.90. The summed E-state index contributed by atoms with van der Waals surface area (Å²) in [6.45, 7) is -0.503. The Kier molecular flexibility index (Phi) is 6.92. The normalized spacial score (nSPS) is 17.0. The third-order valence-corrected chi connectivity index (χ3v) is 5.10. The molecule has 170 valence electrons. The Morgan fingerprint density at radius 3 is 2.31 bits per heavy atom. The molecule has 3 rings (SSSR count). The van der Waals surface area contributed by atoms with Crippen molar-refractivity contribution in [2.75, 3.05) is 19.0 Å². The van der Waals surface area contributed by atoms with Crippen molar-refractivity contribution in [3.05, 3.63) is 59.7 Å². The maximum atomic E-state index is 13.6. The van der Waals surface area contributed by atoms with E-state index >= 15 is 0 Å². The fourth-order valence-corrected chi connectivity index (χ4v) is 3.42. The third-order valence-electron chi connectivity index (χ3n) is 5.10. The van der Waals surface area contributed by atoms with Crippen molar-refractivity contribution in [3.8, 4) is 5.75 Å². The summed E-state index contributed by atoms with van der Waals surface area (Å²) in [5.74, 6) is -3.97. The fourth-order valence-electron chi connectivity index (χ4n) is 3.42. The van der Waals surface area contributed by atoms with Gasteiger partial charge in [0.25, 0.3) is 5.92 Å². The van der Waals surface area contributed by atoms with Crippen LogP contribution < -0.4 is 21.1 Å². The summed E-state index contributed by atoms with van der Waals surface area (Å²) in [4.78, 5) is 36.8. The van der Waals surface area contributed by atoms with E-state index in [1.807, 2.05) is 12.1 Å². The van der Waals surface area contributed by atoms with Crippen LogP contribution in [-0.4, -0.2) is 48.4 Å². The zero-order valence-electron chi connectivity index (χ0n) is 17.4. The lowest BCUT2D eigenvalue weighted by molar-refractivity contribution is -0.137. The largest absolute Gasteiger partial charge is 0.497 e. The first-order valence-corrected chi connectivity index (χ1v) is 9.90. The quantitative estimate of drug-likeness (QED) is 0.606. The summed E-state index contributed by atoms with van der Waals surface area (Å²) in [5.41, 5.74) is 7.11. The molecule has 0 aromatic heterocycles. The molecule has 0 saturated carbocycles. The molecule has 1 heterocycles. The molecule has 0 aliphatic carbocycles. The Bertz CT molecular complexity index is 980. The Morgan fingerprint density at radius 1 is 1.09 bits per heavy atom. The van der Waals surface area contributed by atoms with Gasteiger partial charge in [0.05, 0.1) is 20.1 Å². The molecule has 1 saturated heterocycles. The van der Waals surface area contributed by atoms with Crippen LogP contribution in [-0.2, 0) is 22.6 Å². The highest BCUT2D eigenvalue weighted by Crippen LogP contribution is 2.32. The van der Waals surface area contributed by atoms with E-state index in [9.17, 15) is 23.2 Å². The van der Waals surface area contributed by atoms with Crippen molar-refractivity contribution in [1.82, 2.24) is 10.2 Å². The van der Waals surface area contributed by atoms with Crippen molar-refractivity contribution in [2.24, 2.45) is 5.73 Å². The van der Waals surface area contributed by atoms with E-state index in [1.54, 1.807) is 43.5 Å². The van der Waals surface area contributed by atoms with E-state index in [4.69, 9.17) is 10.5 Å². The number of amides is 4. The summed E-state index contributed by atoms with van der Waals surface area (Å²) < 4.78 is 32.3. The molecule has 0 spiro atoms. The molecule has 8 nitrogen and oxygen atoms in total. The molecule has 32 heavy (non-hydrogen) atoms. The second-order valence-corrected chi connectivity index (χ2v) is 7.53.